The van der Waals surface area contributed by atoms with Crippen LogP contribution in [0.5, 0.6) is 5.75 Å². The van der Waals surface area contributed by atoms with Gasteiger partial charge in [0.05, 0.1) is 0 Å². The molecule has 0 N–H and O–H groups in total. The van der Waals surface area contributed by atoms with Gasteiger partial charge in [-0.05, 0) is 87.3 Å². The van der Waals surface area contributed by atoms with E-state index in [1.54, 1.807) is 0 Å². The normalized spacial score (nSPS) is 12.0. The van der Waals surface area contributed by atoms with Gasteiger partial charge in [-0.3, -0.25) is 0 Å². The van der Waals surface area contributed by atoms with Gasteiger partial charge in [0.25, 0.3) is 0 Å². The predicted octanol–water partition coefficient (Wildman–Crippen LogP) is 10.7. The summed E-state index contributed by atoms with van der Waals surface area (Å²) in [5, 5.41) is 2.33. The highest BCUT2D eigenvalue weighted by atomic mass is 19.4. The van der Waals surface area contributed by atoms with Gasteiger partial charge in [-0.15, -0.1) is 19.8 Å². The highest BCUT2D eigenvalue weighted by Gasteiger charge is 2.49. The maximum absolute atomic E-state index is 14.3. The van der Waals surface area contributed by atoms with Crippen molar-refractivity contribution < 1.29 is 40.2 Å². The largest absolute Gasteiger partial charge is 0.527 e. The van der Waals surface area contributed by atoms with E-state index >= 15 is 0 Å². The zero-order chi connectivity index (χ0) is 31.5. The van der Waals surface area contributed by atoms with E-state index in [1.807, 2.05) is 30.3 Å². The summed E-state index contributed by atoms with van der Waals surface area (Å²) in [6.07, 6.45) is -7.24. The van der Waals surface area contributed by atoms with E-state index < -0.39 is 29.7 Å². The zero-order valence-corrected chi connectivity index (χ0v) is 23.1. The molecule has 5 aromatic carbocycles. The first-order valence-electron chi connectivity index (χ1n) is 13.5. The van der Waals surface area contributed by atoms with E-state index in [2.05, 4.69) is 47.7 Å². The molecule has 0 unspecified atom stereocenters. The number of aryl methyl sites for hydroxylation is 1. The minimum atomic E-state index is -5.80. The average Bonchev–Trinajstić information content (AvgIpc) is 2.97. The first-order valence-corrected chi connectivity index (χ1v) is 13.5. The molecule has 0 saturated carbocycles. The lowest BCUT2D eigenvalue weighted by molar-refractivity contribution is -0.432. The molecule has 0 aromatic heterocycles. The Hall–Kier alpha value is -4.63. The highest BCUT2D eigenvalue weighted by molar-refractivity contribution is 5.88. The van der Waals surface area contributed by atoms with Crippen molar-refractivity contribution in [2.45, 2.75) is 31.9 Å². The van der Waals surface area contributed by atoms with Crippen molar-refractivity contribution in [3.05, 3.63) is 138 Å². The summed E-state index contributed by atoms with van der Waals surface area (Å²) in [4.78, 5) is 0. The van der Waals surface area contributed by atoms with Crippen molar-refractivity contribution in [1.82, 2.24) is 0 Å². The summed E-state index contributed by atoms with van der Waals surface area (Å²) in [5.41, 5.74) is 2.24. The number of allylic oxidation sites excluding steroid dienone is 1. The second kappa shape index (κ2) is 12.5. The number of rotatable bonds is 10. The van der Waals surface area contributed by atoms with E-state index in [-0.39, 0.29) is 17.7 Å². The Morgan fingerprint density at radius 3 is 1.80 bits per heavy atom. The SMILES string of the molecule is C=CCCc1ccc2cc(-c3ccc(COc4ccc(-c5cc(F)c(C(F)(F)OC(F)(F)F)c(F)c5)cc4)cc3)ccc2c1. The van der Waals surface area contributed by atoms with Gasteiger partial charge in [0.15, 0.2) is 0 Å². The van der Waals surface area contributed by atoms with Gasteiger partial charge in [0.2, 0.25) is 0 Å². The molecule has 0 aliphatic heterocycles. The number of hydrogen-bond acceptors (Lipinski definition) is 2. The molecular weight excluding hydrogens is 585 g/mol. The number of hydrogen-bond donors (Lipinski definition) is 0. The van der Waals surface area contributed by atoms with Gasteiger partial charge in [-0.2, -0.15) is 8.78 Å². The summed E-state index contributed by atoms with van der Waals surface area (Å²) in [7, 11) is 0. The molecule has 9 heteroatoms. The Kier molecular flexibility index (Phi) is 8.78. The van der Waals surface area contributed by atoms with Gasteiger partial charge in [-0.1, -0.05) is 72.8 Å². The Morgan fingerprint density at radius 1 is 0.614 bits per heavy atom. The quantitative estimate of drug-likeness (QED) is 0.116. The molecule has 44 heavy (non-hydrogen) atoms. The van der Waals surface area contributed by atoms with Crippen LogP contribution in [0, 0.1) is 11.6 Å². The predicted molar refractivity (Wildman–Crippen MR) is 155 cm³/mol. The van der Waals surface area contributed by atoms with E-state index in [0.29, 0.717) is 17.9 Å². The second-order valence-electron chi connectivity index (χ2n) is 10.1. The number of alkyl halides is 5. The van der Waals surface area contributed by atoms with Crippen LogP contribution >= 0.6 is 0 Å². The Balaban J connectivity index is 1.23. The van der Waals surface area contributed by atoms with Crippen molar-refractivity contribution in [3.63, 3.8) is 0 Å². The fraction of sp³-hybridized carbons (Fsp3) is 0.143. The fourth-order valence-electron chi connectivity index (χ4n) is 4.82. The van der Waals surface area contributed by atoms with Crippen LogP contribution in [0.25, 0.3) is 33.0 Å². The smallest absolute Gasteiger partial charge is 0.489 e. The molecule has 0 radical (unpaired) electrons. The first kappa shape index (κ1) is 30.8. The molecule has 5 aromatic rings. The van der Waals surface area contributed by atoms with Crippen LogP contribution in [-0.4, -0.2) is 6.36 Å². The Bertz CT molecular complexity index is 1750. The minimum absolute atomic E-state index is 0.157. The zero-order valence-electron chi connectivity index (χ0n) is 23.1. The topological polar surface area (TPSA) is 18.5 Å². The molecule has 0 aliphatic carbocycles. The summed E-state index contributed by atoms with van der Waals surface area (Å²) in [5.74, 6) is -3.33. The van der Waals surface area contributed by atoms with E-state index in [4.69, 9.17) is 4.74 Å². The van der Waals surface area contributed by atoms with Gasteiger partial charge in [0.1, 0.15) is 29.6 Å². The van der Waals surface area contributed by atoms with Crippen LogP contribution in [0.15, 0.2) is 110 Å². The van der Waals surface area contributed by atoms with Crippen molar-refractivity contribution in [3.8, 4) is 28.0 Å². The molecule has 0 spiro atoms. The van der Waals surface area contributed by atoms with Crippen LogP contribution in [0.4, 0.5) is 30.7 Å². The number of fused-ring (bicyclic) bond motifs is 1. The molecule has 2 nitrogen and oxygen atoms in total. The molecule has 0 fully saturated rings. The molecule has 0 aliphatic rings. The number of ether oxygens (including phenoxy) is 2. The minimum Gasteiger partial charge on any atom is -0.489 e. The van der Waals surface area contributed by atoms with E-state index in [1.165, 1.54) is 35.2 Å². The maximum Gasteiger partial charge on any atom is 0.527 e. The third-order valence-electron chi connectivity index (χ3n) is 7.00. The average molecular weight is 611 g/mol. The standard InChI is InChI=1S/C35H25F7O2/c1-2-3-4-22-5-10-28-18-27(12-11-26(28)17-22)24-8-6-23(7-9-24)21-43-30-15-13-25(14-16-30)29-19-31(36)33(32(37)20-29)34(38,39)44-35(40,41)42/h2,5-20H,1,3-4,21H2. The second-order valence-corrected chi connectivity index (χ2v) is 10.1. The molecule has 0 heterocycles. The van der Waals surface area contributed by atoms with Gasteiger partial charge in [-0.25, -0.2) is 13.5 Å². The maximum atomic E-state index is 14.3. The van der Waals surface area contributed by atoms with Crippen LogP contribution in [0.3, 0.4) is 0 Å². The Morgan fingerprint density at radius 2 is 1.16 bits per heavy atom. The third kappa shape index (κ3) is 7.29. The van der Waals surface area contributed by atoms with Crippen molar-refractivity contribution >= 4 is 10.8 Å². The lowest BCUT2D eigenvalue weighted by atomic mass is 9.98. The molecule has 0 atom stereocenters. The first-order chi connectivity index (χ1) is 20.9. The lowest BCUT2D eigenvalue weighted by Gasteiger charge is -2.20. The number of halogens is 7. The Labute approximate surface area is 249 Å². The molecular formula is C35H25F7O2. The van der Waals surface area contributed by atoms with Gasteiger partial charge >= 0.3 is 12.5 Å². The van der Waals surface area contributed by atoms with Gasteiger partial charge < -0.3 is 4.74 Å². The molecule has 0 saturated heterocycles. The summed E-state index contributed by atoms with van der Waals surface area (Å²) in [6, 6.07) is 27.6. The molecule has 5 rings (SSSR count). The summed E-state index contributed by atoms with van der Waals surface area (Å²) in [6.45, 7) is 4.01. The monoisotopic (exact) mass is 610 g/mol. The van der Waals surface area contributed by atoms with Crippen LogP contribution in [0.1, 0.15) is 23.1 Å². The van der Waals surface area contributed by atoms with Crippen LogP contribution in [-0.2, 0) is 23.9 Å². The summed E-state index contributed by atoms with van der Waals surface area (Å²) >= 11 is 0. The van der Waals surface area contributed by atoms with Crippen molar-refractivity contribution in [1.29, 1.82) is 0 Å². The number of benzene rings is 5. The van der Waals surface area contributed by atoms with Crippen LogP contribution < -0.4 is 4.74 Å². The highest BCUT2D eigenvalue weighted by Crippen LogP contribution is 2.40. The summed E-state index contributed by atoms with van der Waals surface area (Å²) < 4.78 is 101. The molecule has 226 valence electrons. The van der Waals surface area contributed by atoms with E-state index in [0.717, 1.165) is 34.9 Å². The van der Waals surface area contributed by atoms with Crippen molar-refractivity contribution in [2.75, 3.05) is 0 Å². The fourth-order valence-corrected chi connectivity index (χ4v) is 4.82. The van der Waals surface area contributed by atoms with Crippen molar-refractivity contribution in [2.24, 2.45) is 0 Å². The van der Waals surface area contributed by atoms with Gasteiger partial charge in [0, 0.05) is 0 Å². The third-order valence-corrected chi connectivity index (χ3v) is 7.00. The lowest BCUT2D eigenvalue weighted by Crippen LogP contribution is -2.29. The van der Waals surface area contributed by atoms with Crippen LogP contribution in [0.2, 0.25) is 0 Å². The van der Waals surface area contributed by atoms with E-state index in [9.17, 15) is 30.7 Å². The molecule has 0 bridgehead atoms. The molecule has 0 amide bonds.